The van der Waals surface area contributed by atoms with E-state index in [1.165, 1.54) is 24.1 Å². The highest BCUT2D eigenvalue weighted by molar-refractivity contribution is 7.89. The number of aryl methyl sites for hydroxylation is 1. The first-order valence-electron chi connectivity index (χ1n) is 10.3. The minimum absolute atomic E-state index is 0.108. The van der Waals surface area contributed by atoms with Crippen molar-refractivity contribution in [2.45, 2.75) is 38.3 Å². The van der Waals surface area contributed by atoms with Gasteiger partial charge in [0.15, 0.2) is 0 Å². The SMILES string of the molecule is CCNC(=O)C(C)N(Cc1ccc(OC)cc1)C(=O)CN(C)S(=O)(=O)c1ccc(C)cc1. The molecule has 0 saturated carbocycles. The highest BCUT2D eigenvalue weighted by atomic mass is 32.2. The summed E-state index contributed by atoms with van der Waals surface area (Å²) in [5, 5.41) is 2.71. The molecule has 0 radical (unpaired) electrons. The molecular formula is C23H31N3O5S. The Hall–Kier alpha value is -2.91. The minimum Gasteiger partial charge on any atom is -0.497 e. The number of sulfonamides is 1. The minimum atomic E-state index is -3.85. The quantitative estimate of drug-likeness (QED) is 0.585. The Labute approximate surface area is 190 Å². The number of methoxy groups -OCH3 is 1. The Morgan fingerprint density at radius 1 is 1.06 bits per heavy atom. The second-order valence-electron chi connectivity index (χ2n) is 7.51. The Morgan fingerprint density at radius 3 is 2.19 bits per heavy atom. The maximum Gasteiger partial charge on any atom is 0.243 e. The third-order valence-corrected chi connectivity index (χ3v) is 6.93. The van der Waals surface area contributed by atoms with Crippen LogP contribution in [0.4, 0.5) is 0 Å². The van der Waals surface area contributed by atoms with Crippen molar-refractivity contribution in [1.29, 1.82) is 0 Å². The van der Waals surface area contributed by atoms with Gasteiger partial charge in [0.2, 0.25) is 21.8 Å². The molecule has 2 rings (SSSR count). The van der Waals surface area contributed by atoms with Crippen molar-refractivity contribution in [3.05, 3.63) is 59.7 Å². The molecule has 1 N–H and O–H groups in total. The van der Waals surface area contributed by atoms with E-state index in [0.717, 1.165) is 15.4 Å². The third-order valence-electron chi connectivity index (χ3n) is 5.12. The first-order valence-corrected chi connectivity index (χ1v) is 11.8. The number of hydrogen-bond acceptors (Lipinski definition) is 5. The Bertz CT molecular complexity index is 1020. The predicted molar refractivity (Wildman–Crippen MR) is 123 cm³/mol. The fourth-order valence-corrected chi connectivity index (χ4v) is 4.21. The third kappa shape index (κ3) is 6.30. The molecule has 1 atom stereocenters. The van der Waals surface area contributed by atoms with E-state index in [1.807, 2.05) is 6.92 Å². The molecule has 32 heavy (non-hydrogen) atoms. The molecule has 0 saturated heterocycles. The lowest BCUT2D eigenvalue weighted by molar-refractivity contribution is -0.140. The first kappa shape index (κ1) is 25.4. The zero-order chi connectivity index (χ0) is 23.9. The average molecular weight is 462 g/mol. The Balaban J connectivity index is 2.25. The summed E-state index contributed by atoms with van der Waals surface area (Å²) >= 11 is 0. The summed E-state index contributed by atoms with van der Waals surface area (Å²) in [6.45, 7) is 5.47. The molecular weight excluding hydrogens is 430 g/mol. The van der Waals surface area contributed by atoms with Crippen LogP contribution in [0.15, 0.2) is 53.4 Å². The summed E-state index contributed by atoms with van der Waals surface area (Å²) in [5.41, 5.74) is 1.73. The molecule has 0 heterocycles. The summed E-state index contributed by atoms with van der Waals surface area (Å²) in [6.07, 6.45) is 0. The van der Waals surface area contributed by atoms with Gasteiger partial charge < -0.3 is 15.0 Å². The molecule has 0 aliphatic heterocycles. The lowest BCUT2D eigenvalue weighted by atomic mass is 10.1. The Morgan fingerprint density at radius 2 is 1.66 bits per heavy atom. The summed E-state index contributed by atoms with van der Waals surface area (Å²) in [6, 6.07) is 12.8. The summed E-state index contributed by atoms with van der Waals surface area (Å²) in [5.74, 6) is -0.108. The number of carbonyl (C=O) groups is 2. The number of carbonyl (C=O) groups excluding carboxylic acids is 2. The van der Waals surface area contributed by atoms with Crippen LogP contribution in [0, 0.1) is 6.92 Å². The van der Waals surface area contributed by atoms with Gasteiger partial charge in [0.1, 0.15) is 11.8 Å². The molecule has 2 amide bonds. The number of benzene rings is 2. The van der Waals surface area contributed by atoms with E-state index in [1.54, 1.807) is 57.4 Å². The van der Waals surface area contributed by atoms with E-state index >= 15 is 0 Å². The highest BCUT2D eigenvalue weighted by Gasteiger charge is 2.30. The topological polar surface area (TPSA) is 96.0 Å². The molecule has 174 valence electrons. The van der Waals surface area contributed by atoms with Crippen LogP contribution in [0.3, 0.4) is 0 Å². The standard InChI is InChI=1S/C23H31N3O5S/c1-6-24-23(28)18(3)26(15-19-9-11-20(31-5)12-10-19)22(27)16-25(4)32(29,30)21-13-7-17(2)8-14-21/h7-14,18H,6,15-16H2,1-5H3,(H,24,28). The normalized spacial score (nSPS) is 12.3. The van der Waals surface area contributed by atoms with Gasteiger partial charge >= 0.3 is 0 Å². The van der Waals surface area contributed by atoms with Gasteiger partial charge in [0.05, 0.1) is 18.6 Å². The van der Waals surface area contributed by atoms with Gasteiger partial charge in [-0.1, -0.05) is 29.8 Å². The van der Waals surface area contributed by atoms with Crippen molar-refractivity contribution in [3.63, 3.8) is 0 Å². The van der Waals surface area contributed by atoms with Crippen molar-refractivity contribution in [2.75, 3.05) is 27.2 Å². The lowest BCUT2D eigenvalue weighted by Crippen LogP contribution is -2.50. The molecule has 2 aromatic rings. The molecule has 1 unspecified atom stereocenters. The molecule has 0 bridgehead atoms. The van der Waals surface area contributed by atoms with Crippen LogP contribution in [-0.2, 0) is 26.2 Å². The van der Waals surface area contributed by atoms with Gasteiger partial charge in [-0.2, -0.15) is 4.31 Å². The highest BCUT2D eigenvalue weighted by Crippen LogP contribution is 2.18. The maximum absolute atomic E-state index is 13.2. The fraction of sp³-hybridized carbons (Fsp3) is 0.391. The lowest BCUT2D eigenvalue weighted by Gasteiger charge is -2.30. The number of rotatable bonds is 10. The van der Waals surface area contributed by atoms with Crippen LogP contribution in [0.5, 0.6) is 5.75 Å². The van der Waals surface area contributed by atoms with Crippen LogP contribution in [0.2, 0.25) is 0 Å². The van der Waals surface area contributed by atoms with Crippen LogP contribution >= 0.6 is 0 Å². The van der Waals surface area contributed by atoms with E-state index in [-0.39, 0.29) is 17.3 Å². The molecule has 0 fully saturated rings. The van der Waals surface area contributed by atoms with Crippen molar-refractivity contribution in [2.24, 2.45) is 0 Å². The van der Waals surface area contributed by atoms with Crippen molar-refractivity contribution in [3.8, 4) is 5.75 Å². The second-order valence-corrected chi connectivity index (χ2v) is 9.56. The molecule has 9 heteroatoms. The van der Waals surface area contributed by atoms with Crippen LogP contribution in [0.25, 0.3) is 0 Å². The Kier molecular flexibility index (Phi) is 8.80. The zero-order valence-corrected chi connectivity index (χ0v) is 20.0. The van der Waals surface area contributed by atoms with Crippen LogP contribution in [0.1, 0.15) is 25.0 Å². The van der Waals surface area contributed by atoms with Crippen molar-refractivity contribution < 1.29 is 22.7 Å². The summed E-state index contributed by atoms with van der Waals surface area (Å²) in [4.78, 5) is 27.1. The maximum atomic E-state index is 13.2. The molecule has 0 aliphatic rings. The molecule has 8 nitrogen and oxygen atoms in total. The van der Waals surface area contributed by atoms with E-state index in [2.05, 4.69) is 5.32 Å². The number of hydrogen-bond donors (Lipinski definition) is 1. The van der Waals surface area contributed by atoms with E-state index in [4.69, 9.17) is 4.74 Å². The molecule has 0 aliphatic carbocycles. The molecule has 0 aromatic heterocycles. The number of amides is 2. The number of ether oxygens (including phenoxy) is 1. The summed E-state index contributed by atoms with van der Waals surface area (Å²) in [7, 11) is -0.935. The van der Waals surface area contributed by atoms with Gasteiger partial charge in [-0.15, -0.1) is 0 Å². The molecule has 2 aromatic carbocycles. The van der Waals surface area contributed by atoms with Gasteiger partial charge in [0.25, 0.3) is 0 Å². The number of nitrogens with one attached hydrogen (secondary N) is 1. The largest absolute Gasteiger partial charge is 0.497 e. The fourth-order valence-electron chi connectivity index (χ4n) is 3.09. The second kappa shape index (κ2) is 11.1. The average Bonchev–Trinajstić information content (AvgIpc) is 2.77. The van der Waals surface area contributed by atoms with Gasteiger partial charge in [-0.05, 0) is 50.6 Å². The smallest absolute Gasteiger partial charge is 0.243 e. The van der Waals surface area contributed by atoms with Gasteiger partial charge in [0, 0.05) is 20.1 Å². The molecule has 0 spiro atoms. The van der Waals surface area contributed by atoms with E-state index < -0.39 is 28.5 Å². The predicted octanol–water partition coefficient (Wildman–Crippen LogP) is 2.18. The van der Waals surface area contributed by atoms with Gasteiger partial charge in [-0.25, -0.2) is 8.42 Å². The van der Waals surface area contributed by atoms with E-state index in [0.29, 0.717) is 12.3 Å². The monoisotopic (exact) mass is 461 g/mol. The van der Waals surface area contributed by atoms with Gasteiger partial charge in [-0.3, -0.25) is 9.59 Å². The van der Waals surface area contributed by atoms with Crippen LogP contribution in [-0.4, -0.2) is 62.7 Å². The van der Waals surface area contributed by atoms with E-state index in [9.17, 15) is 18.0 Å². The zero-order valence-electron chi connectivity index (χ0n) is 19.2. The number of likely N-dealkylation sites (N-methyl/N-ethyl adjacent to an activating group) is 2. The van der Waals surface area contributed by atoms with Crippen LogP contribution < -0.4 is 10.1 Å². The van der Waals surface area contributed by atoms with Crippen molar-refractivity contribution >= 4 is 21.8 Å². The number of nitrogens with zero attached hydrogens (tertiary/aromatic N) is 2. The first-order chi connectivity index (χ1) is 15.1. The summed E-state index contributed by atoms with van der Waals surface area (Å²) < 4.78 is 32.0. The van der Waals surface area contributed by atoms with Crippen molar-refractivity contribution in [1.82, 2.24) is 14.5 Å².